The number of aliphatic hydroxyl groups is 1. The van der Waals surface area contributed by atoms with Gasteiger partial charge in [-0.2, -0.15) is 5.26 Å². The van der Waals surface area contributed by atoms with Gasteiger partial charge in [0.1, 0.15) is 17.4 Å². The average molecular weight is 298 g/mol. The van der Waals surface area contributed by atoms with Gasteiger partial charge < -0.3 is 5.11 Å². The summed E-state index contributed by atoms with van der Waals surface area (Å²) >= 11 is 11.7. The first-order valence-electron chi connectivity index (χ1n) is 5.52. The number of carbonyl (C=O) groups excluding carboxylic acids is 1. The molecule has 3 nitrogen and oxygen atoms in total. The minimum Gasteiger partial charge on any atom is -0.506 e. The predicted octanol–water partition coefficient (Wildman–Crippen LogP) is 4.40. The summed E-state index contributed by atoms with van der Waals surface area (Å²) in [5.41, 5.74) is -0.866. The van der Waals surface area contributed by atoms with Gasteiger partial charge >= 0.3 is 0 Å². The molecule has 100 valence electrons. The van der Waals surface area contributed by atoms with Gasteiger partial charge in [0.25, 0.3) is 0 Å². The number of Topliss-reactive ketones (excluding diaryl/α,β-unsaturated/α-hetero) is 1. The molecule has 0 heterocycles. The standard InChI is InChI=1S/C14H13Cl2NO2/c1-14(2,3)13(19)10(7-17)12(18)9-5-4-8(15)6-11(9)16/h4-6,18H,1-3H3. The molecule has 1 rings (SSSR count). The molecular formula is C14H13Cl2NO2. The zero-order chi connectivity index (χ0) is 14.8. The highest BCUT2D eigenvalue weighted by Crippen LogP contribution is 2.30. The van der Waals surface area contributed by atoms with Crippen LogP contribution in [0, 0.1) is 16.7 Å². The van der Waals surface area contributed by atoms with Crippen LogP contribution in [0.5, 0.6) is 0 Å². The number of rotatable bonds is 2. The molecule has 0 radical (unpaired) electrons. The summed E-state index contributed by atoms with van der Waals surface area (Å²) in [7, 11) is 0. The van der Waals surface area contributed by atoms with E-state index in [1.165, 1.54) is 18.2 Å². The third-order valence-electron chi connectivity index (χ3n) is 2.44. The average Bonchev–Trinajstić information content (AvgIpc) is 2.28. The minimum absolute atomic E-state index is 0.180. The van der Waals surface area contributed by atoms with Crippen LogP contribution in [-0.2, 0) is 4.79 Å². The van der Waals surface area contributed by atoms with E-state index in [0.717, 1.165) is 0 Å². The van der Waals surface area contributed by atoms with Crippen molar-refractivity contribution in [2.45, 2.75) is 20.8 Å². The quantitative estimate of drug-likeness (QED) is 0.500. The molecule has 0 unspecified atom stereocenters. The van der Waals surface area contributed by atoms with Crippen molar-refractivity contribution in [1.82, 2.24) is 0 Å². The number of allylic oxidation sites excluding steroid dienone is 1. The maximum absolute atomic E-state index is 12.1. The molecule has 5 heteroatoms. The van der Waals surface area contributed by atoms with Gasteiger partial charge in [-0.25, -0.2) is 0 Å². The Kier molecular flexibility index (Phi) is 4.62. The highest BCUT2D eigenvalue weighted by atomic mass is 35.5. The Morgan fingerprint density at radius 3 is 2.32 bits per heavy atom. The lowest BCUT2D eigenvalue weighted by atomic mass is 9.85. The first kappa shape index (κ1) is 15.6. The Hall–Kier alpha value is -1.50. The lowest BCUT2D eigenvalue weighted by molar-refractivity contribution is -0.122. The number of nitrogens with zero attached hydrogens (tertiary/aromatic N) is 1. The van der Waals surface area contributed by atoms with Crippen LogP contribution < -0.4 is 0 Å². The van der Waals surface area contributed by atoms with Crippen LogP contribution in [-0.4, -0.2) is 10.9 Å². The van der Waals surface area contributed by atoms with Crippen LogP contribution >= 0.6 is 23.2 Å². The SMILES string of the molecule is CC(C)(C)C(=O)C(C#N)=C(O)c1ccc(Cl)cc1Cl. The zero-order valence-corrected chi connectivity index (χ0v) is 12.3. The molecular weight excluding hydrogens is 285 g/mol. The summed E-state index contributed by atoms with van der Waals surface area (Å²) in [6.45, 7) is 5.01. The molecule has 0 bridgehead atoms. The predicted molar refractivity (Wildman–Crippen MR) is 76.1 cm³/mol. The molecule has 1 N–H and O–H groups in total. The number of hydrogen-bond donors (Lipinski definition) is 1. The molecule has 1 aromatic rings. The molecule has 1 aromatic carbocycles. The molecule has 0 fully saturated rings. The maximum atomic E-state index is 12.1. The maximum Gasteiger partial charge on any atom is 0.182 e. The summed E-state index contributed by atoms with van der Waals surface area (Å²) in [6, 6.07) is 6.16. The Bertz CT molecular complexity index is 592. The molecule has 0 aliphatic carbocycles. The monoisotopic (exact) mass is 297 g/mol. The van der Waals surface area contributed by atoms with Crippen LogP contribution in [0.4, 0.5) is 0 Å². The molecule has 0 amide bonds. The van der Waals surface area contributed by atoms with Crippen LogP contribution in [0.25, 0.3) is 5.76 Å². The van der Waals surface area contributed by atoms with E-state index in [1.807, 2.05) is 0 Å². The Balaban J connectivity index is 3.42. The summed E-state index contributed by atoms with van der Waals surface area (Å²) in [5, 5.41) is 19.8. The highest BCUT2D eigenvalue weighted by Gasteiger charge is 2.28. The molecule has 0 saturated heterocycles. The van der Waals surface area contributed by atoms with Crippen LogP contribution in [0.3, 0.4) is 0 Å². The van der Waals surface area contributed by atoms with Crippen molar-refractivity contribution in [3.63, 3.8) is 0 Å². The van der Waals surface area contributed by atoms with E-state index >= 15 is 0 Å². The van der Waals surface area contributed by atoms with Gasteiger partial charge in [0, 0.05) is 16.0 Å². The van der Waals surface area contributed by atoms with E-state index < -0.39 is 17.0 Å². The van der Waals surface area contributed by atoms with Gasteiger partial charge in [-0.05, 0) is 18.2 Å². The molecule has 19 heavy (non-hydrogen) atoms. The van der Waals surface area contributed by atoms with Gasteiger partial charge in [0.2, 0.25) is 0 Å². The number of carbonyl (C=O) groups is 1. The van der Waals surface area contributed by atoms with E-state index in [9.17, 15) is 9.90 Å². The number of nitriles is 1. The zero-order valence-electron chi connectivity index (χ0n) is 10.8. The minimum atomic E-state index is -0.766. The lowest BCUT2D eigenvalue weighted by Crippen LogP contribution is -2.22. The molecule has 0 spiro atoms. The molecule has 0 aliphatic heterocycles. The fourth-order valence-corrected chi connectivity index (χ4v) is 1.90. The number of hydrogen-bond acceptors (Lipinski definition) is 3. The fraction of sp³-hybridized carbons (Fsp3) is 0.286. The van der Waals surface area contributed by atoms with Crippen molar-refractivity contribution in [1.29, 1.82) is 5.26 Å². The number of halogens is 2. The lowest BCUT2D eigenvalue weighted by Gasteiger charge is -2.16. The Morgan fingerprint density at radius 2 is 1.89 bits per heavy atom. The van der Waals surface area contributed by atoms with E-state index in [0.29, 0.717) is 5.02 Å². The van der Waals surface area contributed by atoms with Gasteiger partial charge in [-0.3, -0.25) is 4.79 Å². The van der Waals surface area contributed by atoms with Crippen molar-refractivity contribution >= 4 is 34.7 Å². The molecule has 0 atom stereocenters. The van der Waals surface area contributed by atoms with Crippen LogP contribution in [0.2, 0.25) is 10.0 Å². The third kappa shape index (κ3) is 3.50. The van der Waals surface area contributed by atoms with Gasteiger partial charge in [0.05, 0.1) is 5.02 Å². The van der Waals surface area contributed by atoms with Crippen molar-refractivity contribution < 1.29 is 9.90 Å². The summed E-state index contributed by atoms with van der Waals surface area (Å²) < 4.78 is 0. The Labute approximate surface area is 122 Å². The summed E-state index contributed by atoms with van der Waals surface area (Å²) in [4.78, 5) is 12.1. The summed E-state index contributed by atoms with van der Waals surface area (Å²) in [6.07, 6.45) is 0. The second-order valence-electron chi connectivity index (χ2n) is 5.04. The molecule has 0 aromatic heterocycles. The second kappa shape index (κ2) is 5.64. The molecule has 0 aliphatic rings. The number of ketones is 1. The first-order chi connectivity index (χ1) is 8.68. The van der Waals surface area contributed by atoms with Gasteiger partial charge in [0.15, 0.2) is 5.78 Å². The second-order valence-corrected chi connectivity index (χ2v) is 5.88. The van der Waals surface area contributed by atoms with Crippen molar-refractivity contribution in [3.05, 3.63) is 39.4 Å². The number of aliphatic hydroxyl groups excluding tert-OH is 1. The van der Waals surface area contributed by atoms with Crippen molar-refractivity contribution in [3.8, 4) is 6.07 Å². The van der Waals surface area contributed by atoms with E-state index in [-0.39, 0.29) is 16.2 Å². The van der Waals surface area contributed by atoms with Gasteiger partial charge in [-0.1, -0.05) is 44.0 Å². The normalized spacial score (nSPS) is 12.6. The van der Waals surface area contributed by atoms with E-state index in [1.54, 1.807) is 26.8 Å². The van der Waals surface area contributed by atoms with Crippen LogP contribution in [0.1, 0.15) is 26.3 Å². The number of benzene rings is 1. The van der Waals surface area contributed by atoms with Gasteiger partial charge in [-0.15, -0.1) is 0 Å². The summed E-state index contributed by atoms with van der Waals surface area (Å²) in [5.74, 6) is -0.873. The first-order valence-corrected chi connectivity index (χ1v) is 6.27. The largest absolute Gasteiger partial charge is 0.506 e. The topological polar surface area (TPSA) is 61.1 Å². The van der Waals surface area contributed by atoms with Crippen LogP contribution in [0.15, 0.2) is 23.8 Å². The molecule has 0 saturated carbocycles. The van der Waals surface area contributed by atoms with Crippen molar-refractivity contribution in [2.24, 2.45) is 5.41 Å². The third-order valence-corrected chi connectivity index (χ3v) is 2.99. The van der Waals surface area contributed by atoms with E-state index in [2.05, 4.69) is 0 Å². The van der Waals surface area contributed by atoms with E-state index in [4.69, 9.17) is 28.5 Å². The van der Waals surface area contributed by atoms with Crippen molar-refractivity contribution in [2.75, 3.05) is 0 Å². The Morgan fingerprint density at radius 1 is 1.32 bits per heavy atom. The fourth-order valence-electron chi connectivity index (χ4n) is 1.40. The smallest absolute Gasteiger partial charge is 0.182 e. The highest BCUT2D eigenvalue weighted by molar-refractivity contribution is 6.35.